The molecule has 5 rings (SSSR count). The monoisotopic (exact) mass is 551 g/mol. The summed E-state index contributed by atoms with van der Waals surface area (Å²) in [5.41, 5.74) is 2.15. The number of ether oxygens (including phenoxy) is 1. The Kier molecular flexibility index (Phi) is 9.71. The highest BCUT2D eigenvalue weighted by Crippen LogP contribution is 2.29. The summed E-state index contributed by atoms with van der Waals surface area (Å²) >= 11 is 1.60. The number of amides is 1. The average molecular weight is 552 g/mol. The van der Waals surface area contributed by atoms with E-state index in [1.54, 1.807) is 11.3 Å². The van der Waals surface area contributed by atoms with Crippen LogP contribution in [0.25, 0.3) is 5.13 Å². The number of carbonyl (C=O) groups is 1. The van der Waals surface area contributed by atoms with E-state index in [4.69, 9.17) is 4.74 Å². The Bertz CT molecular complexity index is 1160. The lowest BCUT2D eigenvalue weighted by atomic mass is 9.96. The van der Waals surface area contributed by atoms with Crippen molar-refractivity contribution >= 4 is 28.1 Å². The molecular weight excluding hydrogens is 510 g/mol. The molecular formula is C29H41N7O2S. The number of carbonyl (C=O) groups excluding carboxylic acids is 1. The maximum absolute atomic E-state index is 12.7. The van der Waals surface area contributed by atoms with Crippen molar-refractivity contribution in [2.75, 3.05) is 56.1 Å². The minimum atomic E-state index is 0.0911. The van der Waals surface area contributed by atoms with E-state index in [1.807, 2.05) is 43.5 Å². The van der Waals surface area contributed by atoms with Gasteiger partial charge in [-0.15, -0.1) is 10.2 Å². The molecule has 1 amide bonds. The Morgan fingerprint density at radius 3 is 2.56 bits per heavy atom. The molecule has 210 valence electrons. The summed E-state index contributed by atoms with van der Waals surface area (Å²) in [5.74, 6) is 1.18. The number of benzene rings is 1. The molecule has 39 heavy (non-hydrogen) atoms. The molecule has 10 heteroatoms. The van der Waals surface area contributed by atoms with E-state index in [-0.39, 0.29) is 11.8 Å². The molecule has 4 heterocycles. The number of hydrogen-bond acceptors (Lipinski definition) is 8. The summed E-state index contributed by atoms with van der Waals surface area (Å²) in [7, 11) is 0. The van der Waals surface area contributed by atoms with E-state index < -0.39 is 0 Å². The van der Waals surface area contributed by atoms with E-state index in [0.29, 0.717) is 13.2 Å². The van der Waals surface area contributed by atoms with Crippen LogP contribution in [0.1, 0.15) is 51.1 Å². The molecule has 0 spiro atoms. The molecule has 2 saturated heterocycles. The summed E-state index contributed by atoms with van der Waals surface area (Å²) in [6.45, 7) is 9.29. The van der Waals surface area contributed by atoms with Crippen molar-refractivity contribution in [1.82, 2.24) is 25.0 Å². The average Bonchev–Trinajstić information content (AvgIpc) is 3.66. The number of hydrogen-bond donors (Lipinski definition) is 2. The van der Waals surface area contributed by atoms with Crippen molar-refractivity contribution in [2.24, 2.45) is 5.92 Å². The van der Waals surface area contributed by atoms with Crippen LogP contribution in [-0.4, -0.2) is 71.4 Å². The zero-order valence-electron chi connectivity index (χ0n) is 23.0. The molecule has 2 aliphatic heterocycles. The first-order chi connectivity index (χ1) is 19.2. The third-order valence-electron chi connectivity index (χ3n) is 7.62. The van der Waals surface area contributed by atoms with Crippen molar-refractivity contribution in [1.29, 1.82) is 0 Å². The molecule has 0 aliphatic carbocycles. The molecule has 0 unspecified atom stereocenters. The summed E-state index contributed by atoms with van der Waals surface area (Å²) in [6.07, 6.45) is 8.77. The van der Waals surface area contributed by atoms with Crippen LogP contribution in [0.15, 0.2) is 42.6 Å². The topological polar surface area (TPSA) is 87.5 Å². The molecule has 0 saturated carbocycles. The number of aromatic nitrogens is 3. The molecule has 2 aromatic heterocycles. The van der Waals surface area contributed by atoms with E-state index >= 15 is 0 Å². The first-order valence-corrected chi connectivity index (χ1v) is 15.2. The largest absolute Gasteiger partial charge is 0.494 e. The van der Waals surface area contributed by atoms with Gasteiger partial charge in [-0.05, 0) is 95.1 Å². The second-order valence-electron chi connectivity index (χ2n) is 10.4. The molecule has 1 aromatic carbocycles. The predicted molar refractivity (Wildman–Crippen MR) is 157 cm³/mol. The molecule has 0 radical (unpaired) electrons. The van der Waals surface area contributed by atoms with Gasteiger partial charge in [-0.3, -0.25) is 9.36 Å². The molecule has 9 nitrogen and oxygen atoms in total. The third-order valence-corrected chi connectivity index (χ3v) is 8.60. The van der Waals surface area contributed by atoms with Gasteiger partial charge >= 0.3 is 0 Å². The standard InChI is InChI=1S/C29H41N7O2S/c1-2-38-26-11-9-24(10-12-26)31-22-25-8-6-19-36(25)29-33-32-28(39-29)35-20-13-23(14-21-35)27(37)30-15-7-18-34-16-4-3-5-17-34/h6,8-12,19,23,31H,2-5,7,13-18,20-22H2,1H3,(H,30,37). The number of piperidine rings is 2. The van der Waals surface area contributed by atoms with E-state index in [9.17, 15) is 4.79 Å². The number of nitrogens with zero attached hydrogens (tertiary/aromatic N) is 5. The fraction of sp³-hybridized carbons (Fsp3) is 0.552. The molecule has 2 aliphatic rings. The van der Waals surface area contributed by atoms with Crippen molar-refractivity contribution in [3.05, 3.63) is 48.3 Å². The first kappa shape index (κ1) is 27.5. The molecule has 3 aromatic rings. The van der Waals surface area contributed by atoms with Crippen LogP contribution >= 0.6 is 11.3 Å². The van der Waals surface area contributed by atoms with Crippen LogP contribution in [0.3, 0.4) is 0 Å². The van der Waals surface area contributed by atoms with Gasteiger partial charge in [0.15, 0.2) is 0 Å². The van der Waals surface area contributed by atoms with Crippen molar-refractivity contribution in [2.45, 2.75) is 52.0 Å². The van der Waals surface area contributed by atoms with Gasteiger partial charge in [-0.25, -0.2) is 0 Å². The Morgan fingerprint density at radius 2 is 1.79 bits per heavy atom. The normalized spacial score (nSPS) is 16.8. The van der Waals surface area contributed by atoms with Crippen molar-refractivity contribution in [3.8, 4) is 10.9 Å². The van der Waals surface area contributed by atoms with Crippen LogP contribution in [0.5, 0.6) is 5.75 Å². The summed E-state index contributed by atoms with van der Waals surface area (Å²) in [4.78, 5) is 17.5. The van der Waals surface area contributed by atoms with Gasteiger partial charge in [0, 0.05) is 43.1 Å². The Morgan fingerprint density at radius 1 is 1.03 bits per heavy atom. The van der Waals surface area contributed by atoms with Gasteiger partial charge in [-0.1, -0.05) is 17.8 Å². The van der Waals surface area contributed by atoms with Crippen LogP contribution in [0.2, 0.25) is 0 Å². The lowest BCUT2D eigenvalue weighted by Crippen LogP contribution is -2.41. The molecule has 0 atom stereocenters. The highest BCUT2D eigenvalue weighted by molar-refractivity contribution is 7.17. The van der Waals surface area contributed by atoms with Crippen molar-refractivity contribution in [3.63, 3.8) is 0 Å². The van der Waals surface area contributed by atoms with E-state index in [1.165, 1.54) is 32.4 Å². The van der Waals surface area contributed by atoms with Gasteiger partial charge in [0.1, 0.15) is 5.75 Å². The SMILES string of the molecule is CCOc1ccc(NCc2cccn2-c2nnc(N3CCC(C(=O)NCCCN4CCCCC4)CC3)s2)cc1. The minimum absolute atomic E-state index is 0.0911. The van der Waals surface area contributed by atoms with Crippen LogP contribution < -0.4 is 20.3 Å². The number of nitrogens with one attached hydrogen (secondary N) is 2. The third kappa shape index (κ3) is 7.51. The first-order valence-electron chi connectivity index (χ1n) is 14.4. The highest BCUT2D eigenvalue weighted by atomic mass is 32.1. The quantitative estimate of drug-likeness (QED) is 0.320. The van der Waals surface area contributed by atoms with Gasteiger partial charge in [0.2, 0.25) is 16.2 Å². The van der Waals surface area contributed by atoms with Gasteiger partial charge in [-0.2, -0.15) is 0 Å². The second-order valence-corrected chi connectivity index (χ2v) is 11.3. The Balaban J connectivity index is 1.07. The number of rotatable bonds is 12. The Hall–Kier alpha value is -3.11. The maximum Gasteiger partial charge on any atom is 0.223 e. The van der Waals surface area contributed by atoms with Gasteiger partial charge in [0.25, 0.3) is 0 Å². The lowest BCUT2D eigenvalue weighted by molar-refractivity contribution is -0.125. The smallest absolute Gasteiger partial charge is 0.223 e. The zero-order chi connectivity index (χ0) is 26.9. The summed E-state index contributed by atoms with van der Waals surface area (Å²) in [6, 6.07) is 12.1. The van der Waals surface area contributed by atoms with Crippen LogP contribution in [0, 0.1) is 5.92 Å². The molecule has 2 N–H and O–H groups in total. The maximum atomic E-state index is 12.7. The van der Waals surface area contributed by atoms with Crippen LogP contribution in [-0.2, 0) is 11.3 Å². The van der Waals surface area contributed by atoms with Gasteiger partial charge < -0.3 is 25.2 Å². The fourth-order valence-corrected chi connectivity index (χ4v) is 6.30. The second kappa shape index (κ2) is 13.8. The lowest BCUT2D eigenvalue weighted by Gasteiger charge is -2.30. The molecule has 2 fully saturated rings. The number of likely N-dealkylation sites (tertiary alicyclic amines) is 1. The van der Waals surface area contributed by atoms with Gasteiger partial charge in [0.05, 0.1) is 13.2 Å². The minimum Gasteiger partial charge on any atom is -0.494 e. The van der Waals surface area contributed by atoms with Crippen molar-refractivity contribution < 1.29 is 9.53 Å². The fourth-order valence-electron chi connectivity index (χ4n) is 5.38. The predicted octanol–water partition coefficient (Wildman–Crippen LogP) is 4.55. The highest BCUT2D eigenvalue weighted by Gasteiger charge is 2.26. The molecule has 0 bridgehead atoms. The number of anilines is 2. The Labute approximate surface area is 235 Å². The van der Waals surface area contributed by atoms with Crippen LogP contribution in [0.4, 0.5) is 10.8 Å². The van der Waals surface area contributed by atoms with E-state index in [2.05, 4.69) is 41.3 Å². The summed E-state index contributed by atoms with van der Waals surface area (Å²) in [5, 5.41) is 17.4. The summed E-state index contributed by atoms with van der Waals surface area (Å²) < 4.78 is 7.62. The zero-order valence-corrected chi connectivity index (χ0v) is 23.8. The van der Waals surface area contributed by atoms with E-state index in [0.717, 1.165) is 72.8 Å².